The van der Waals surface area contributed by atoms with Gasteiger partial charge in [-0.3, -0.25) is 4.90 Å². The molecule has 0 radical (unpaired) electrons. The Balaban J connectivity index is 1.38. The minimum atomic E-state index is 0.531. The fourth-order valence-electron chi connectivity index (χ4n) is 3.99. The first-order chi connectivity index (χ1) is 13.1. The van der Waals surface area contributed by atoms with E-state index in [1.165, 1.54) is 24.2 Å². The van der Waals surface area contributed by atoms with Crippen molar-refractivity contribution in [3.05, 3.63) is 35.4 Å². The second kappa shape index (κ2) is 8.02. The Morgan fingerprint density at radius 2 is 1.74 bits per heavy atom. The number of piperidine rings is 1. The van der Waals surface area contributed by atoms with Crippen LogP contribution in [0.25, 0.3) is 0 Å². The summed E-state index contributed by atoms with van der Waals surface area (Å²) in [5.74, 6) is 3.81. The molecule has 1 aliphatic carbocycles. The Hall–Kier alpha value is -1.86. The van der Waals surface area contributed by atoms with Crippen LogP contribution in [0.3, 0.4) is 0 Å². The topological polar surface area (TPSA) is 63.0 Å². The molecule has 2 aromatic rings. The lowest BCUT2D eigenvalue weighted by molar-refractivity contribution is 0.199. The zero-order valence-corrected chi connectivity index (χ0v) is 16.8. The van der Waals surface area contributed by atoms with Crippen molar-refractivity contribution in [2.45, 2.75) is 64.1 Å². The predicted octanol–water partition coefficient (Wildman–Crippen LogP) is 2.41. The van der Waals surface area contributed by atoms with E-state index in [1.54, 1.807) is 0 Å². The lowest BCUT2D eigenvalue weighted by atomic mass is 9.95. The Morgan fingerprint density at radius 3 is 2.33 bits per heavy atom. The van der Waals surface area contributed by atoms with Crippen molar-refractivity contribution in [1.82, 2.24) is 34.5 Å². The molecule has 0 aromatic carbocycles. The van der Waals surface area contributed by atoms with Gasteiger partial charge in [0, 0.05) is 42.9 Å². The average molecular weight is 370 g/mol. The molecule has 146 valence electrons. The molecule has 1 saturated heterocycles. The van der Waals surface area contributed by atoms with Gasteiger partial charge >= 0.3 is 0 Å². The van der Waals surface area contributed by atoms with Crippen molar-refractivity contribution in [3.63, 3.8) is 0 Å². The van der Waals surface area contributed by atoms with E-state index in [2.05, 4.69) is 55.6 Å². The second-order valence-electron chi connectivity index (χ2n) is 8.22. The van der Waals surface area contributed by atoms with Crippen LogP contribution >= 0.6 is 0 Å². The van der Waals surface area contributed by atoms with Gasteiger partial charge in [-0.2, -0.15) is 0 Å². The highest BCUT2D eigenvalue weighted by Crippen LogP contribution is 2.40. The maximum absolute atomic E-state index is 4.63. The van der Waals surface area contributed by atoms with Crippen molar-refractivity contribution >= 4 is 0 Å². The first-order valence-electron chi connectivity index (χ1n) is 10.2. The molecule has 27 heavy (non-hydrogen) atoms. The van der Waals surface area contributed by atoms with E-state index in [0.29, 0.717) is 12.0 Å². The third-order valence-electron chi connectivity index (χ3n) is 5.60. The van der Waals surface area contributed by atoms with Crippen LogP contribution in [0, 0.1) is 0 Å². The average Bonchev–Trinajstić information content (AvgIpc) is 3.43. The summed E-state index contributed by atoms with van der Waals surface area (Å²) >= 11 is 0. The summed E-state index contributed by atoms with van der Waals surface area (Å²) in [6.45, 7) is 6.10. The Labute approximate surface area is 161 Å². The number of rotatable bonds is 7. The zero-order chi connectivity index (χ0) is 18.8. The van der Waals surface area contributed by atoms with E-state index in [1.807, 2.05) is 12.4 Å². The van der Waals surface area contributed by atoms with Gasteiger partial charge in [-0.1, -0.05) is 6.92 Å². The molecule has 4 rings (SSSR count). The molecule has 7 heteroatoms. The monoisotopic (exact) mass is 369 g/mol. The van der Waals surface area contributed by atoms with Crippen molar-refractivity contribution in [2.24, 2.45) is 0 Å². The summed E-state index contributed by atoms with van der Waals surface area (Å²) in [5.41, 5.74) is 1.21. The van der Waals surface area contributed by atoms with Gasteiger partial charge in [-0.25, -0.2) is 9.97 Å². The molecule has 0 unspecified atom stereocenters. The lowest BCUT2D eigenvalue weighted by Gasteiger charge is -2.31. The van der Waals surface area contributed by atoms with Gasteiger partial charge in [0.25, 0.3) is 0 Å². The number of aryl methyl sites for hydroxylation is 1. The summed E-state index contributed by atoms with van der Waals surface area (Å²) in [7, 11) is 4.20. The van der Waals surface area contributed by atoms with Crippen LogP contribution in [0.1, 0.15) is 67.6 Å². The third kappa shape index (κ3) is 4.35. The largest absolute Gasteiger partial charge is 0.311 e. The summed E-state index contributed by atoms with van der Waals surface area (Å²) in [6.07, 6.45) is 9.71. The summed E-state index contributed by atoms with van der Waals surface area (Å²) in [5, 5.41) is 9.17. The highest BCUT2D eigenvalue weighted by Gasteiger charge is 2.33. The highest BCUT2D eigenvalue weighted by atomic mass is 15.3. The molecule has 0 N–H and O–H groups in total. The number of aromatic nitrogens is 5. The van der Waals surface area contributed by atoms with Gasteiger partial charge in [-0.15, -0.1) is 10.2 Å². The molecule has 2 aliphatic rings. The molecular weight excluding hydrogens is 338 g/mol. The molecular formula is C20H31N7. The molecule has 1 aliphatic heterocycles. The fraction of sp³-hybridized carbons (Fsp3) is 0.700. The van der Waals surface area contributed by atoms with E-state index in [0.717, 1.165) is 57.1 Å². The zero-order valence-electron chi connectivity index (χ0n) is 16.8. The number of hydrogen-bond donors (Lipinski definition) is 0. The Kier molecular flexibility index (Phi) is 5.50. The van der Waals surface area contributed by atoms with Crippen LogP contribution in [0.15, 0.2) is 12.4 Å². The summed E-state index contributed by atoms with van der Waals surface area (Å²) in [6, 6.07) is 0.636. The smallest absolute Gasteiger partial charge is 0.147 e. The molecule has 2 fully saturated rings. The molecule has 7 nitrogen and oxygen atoms in total. The summed E-state index contributed by atoms with van der Waals surface area (Å²) in [4.78, 5) is 13.5. The van der Waals surface area contributed by atoms with E-state index in [4.69, 9.17) is 0 Å². The Morgan fingerprint density at radius 1 is 1.04 bits per heavy atom. The van der Waals surface area contributed by atoms with Gasteiger partial charge in [0.05, 0.1) is 6.54 Å². The molecule has 0 atom stereocenters. The minimum absolute atomic E-state index is 0.531. The summed E-state index contributed by atoms with van der Waals surface area (Å²) < 4.78 is 2.46. The number of hydrogen-bond acceptors (Lipinski definition) is 6. The van der Waals surface area contributed by atoms with Gasteiger partial charge in [-0.05, 0) is 52.9 Å². The van der Waals surface area contributed by atoms with E-state index in [9.17, 15) is 0 Å². The van der Waals surface area contributed by atoms with Crippen LogP contribution in [0.2, 0.25) is 0 Å². The van der Waals surface area contributed by atoms with Gasteiger partial charge in [0.15, 0.2) is 0 Å². The van der Waals surface area contributed by atoms with Crippen molar-refractivity contribution < 1.29 is 0 Å². The molecule has 1 saturated carbocycles. The fourth-order valence-corrected chi connectivity index (χ4v) is 3.99. The number of nitrogens with zero attached hydrogens (tertiary/aromatic N) is 7. The molecule has 0 amide bonds. The second-order valence-corrected chi connectivity index (χ2v) is 8.22. The van der Waals surface area contributed by atoms with Crippen LogP contribution in [0.4, 0.5) is 0 Å². The molecule has 3 heterocycles. The Bertz CT molecular complexity index is 740. The standard InChI is InChI=1S/C20H31N7/c1-4-18-21-11-15(12-22-18)13-26-9-7-16(8-10-26)20-24-23-19(14-25(2)3)27(20)17-5-6-17/h11-12,16-17H,4-10,13-14H2,1-3H3. The molecule has 2 aromatic heterocycles. The maximum Gasteiger partial charge on any atom is 0.147 e. The molecule has 0 bridgehead atoms. The predicted molar refractivity (Wildman–Crippen MR) is 104 cm³/mol. The van der Waals surface area contributed by atoms with Crippen LogP contribution in [0.5, 0.6) is 0 Å². The van der Waals surface area contributed by atoms with Crippen molar-refractivity contribution in [2.75, 3.05) is 27.2 Å². The first-order valence-corrected chi connectivity index (χ1v) is 10.2. The van der Waals surface area contributed by atoms with Crippen LogP contribution < -0.4 is 0 Å². The van der Waals surface area contributed by atoms with Crippen LogP contribution in [-0.4, -0.2) is 61.7 Å². The van der Waals surface area contributed by atoms with Gasteiger partial charge < -0.3 is 9.47 Å². The quantitative estimate of drug-likeness (QED) is 0.747. The highest BCUT2D eigenvalue weighted by molar-refractivity contribution is 5.10. The first kappa shape index (κ1) is 18.5. The van der Waals surface area contributed by atoms with Crippen molar-refractivity contribution in [3.8, 4) is 0 Å². The molecule has 0 spiro atoms. The van der Waals surface area contributed by atoms with E-state index < -0.39 is 0 Å². The minimum Gasteiger partial charge on any atom is -0.311 e. The van der Waals surface area contributed by atoms with Crippen LogP contribution in [-0.2, 0) is 19.5 Å². The maximum atomic E-state index is 4.63. The van der Waals surface area contributed by atoms with Gasteiger partial charge in [0.1, 0.15) is 17.5 Å². The van der Waals surface area contributed by atoms with E-state index >= 15 is 0 Å². The third-order valence-corrected chi connectivity index (χ3v) is 5.60. The number of likely N-dealkylation sites (tertiary alicyclic amines) is 1. The SMILES string of the molecule is CCc1ncc(CN2CCC(c3nnc(CN(C)C)n3C3CC3)CC2)cn1. The van der Waals surface area contributed by atoms with E-state index in [-0.39, 0.29) is 0 Å². The van der Waals surface area contributed by atoms with Gasteiger partial charge in [0.2, 0.25) is 0 Å². The van der Waals surface area contributed by atoms with Crippen molar-refractivity contribution in [1.29, 1.82) is 0 Å². The normalized spacial score (nSPS) is 19.1. The lowest BCUT2D eigenvalue weighted by Crippen LogP contribution is -2.33.